The van der Waals surface area contributed by atoms with Gasteiger partial charge < -0.3 is 9.47 Å². The molecule has 0 amide bonds. The van der Waals surface area contributed by atoms with Gasteiger partial charge in [0.15, 0.2) is 11.5 Å². The van der Waals surface area contributed by atoms with Gasteiger partial charge in [0.05, 0.1) is 19.6 Å². The van der Waals surface area contributed by atoms with Gasteiger partial charge in [-0.3, -0.25) is 0 Å². The lowest BCUT2D eigenvalue weighted by Gasteiger charge is -2.16. The monoisotopic (exact) mass is 256 g/mol. The van der Waals surface area contributed by atoms with Crippen LogP contribution in [0.15, 0.2) is 18.2 Å². The van der Waals surface area contributed by atoms with E-state index < -0.39 is 0 Å². The summed E-state index contributed by atoms with van der Waals surface area (Å²) in [6, 6.07) is 5.80. The Hall–Kier alpha value is -0.890. The Balaban J connectivity index is 2.74. The third-order valence-electron chi connectivity index (χ3n) is 2.72. The molecular weight excluding hydrogens is 236 g/mol. The molecule has 1 rings (SSSR count). The minimum absolute atomic E-state index is 0.439. The van der Waals surface area contributed by atoms with Crippen molar-refractivity contribution in [3.8, 4) is 11.5 Å². The van der Waals surface area contributed by atoms with E-state index in [2.05, 4.69) is 13.8 Å². The van der Waals surface area contributed by atoms with Crippen molar-refractivity contribution in [2.24, 2.45) is 5.92 Å². The van der Waals surface area contributed by atoms with E-state index in [0.29, 0.717) is 18.4 Å². The second-order valence-corrected chi connectivity index (χ2v) is 4.55. The van der Waals surface area contributed by atoms with Gasteiger partial charge in [-0.05, 0) is 18.4 Å². The van der Waals surface area contributed by atoms with Crippen molar-refractivity contribution in [2.45, 2.75) is 32.6 Å². The van der Waals surface area contributed by atoms with Crippen molar-refractivity contribution >= 4 is 11.6 Å². The number of methoxy groups -OCH3 is 1. The number of rotatable bonds is 7. The van der Waals surface area contributed by atoms with Gasteiger partial charge in [-0.1, -0.05) is 32.4 Å². The third-order valence-corrected chi connectivity index (χ3v) is 3.01. The van der Waals surface area contributed by atoms with Crippen LogP contribution in [0.5, 0.6) is 11.5 Å². The maximum absolute atomic E-state index is 5.90. The SMILES string of the molecule is CCCC(C)COc1c(CCl)cccc1OC. The first-order valence-corrected chi connectivity index (χ1v) is 6.61. The average molecular weight is 257 g/mol. The number of para-hydroxylation sites is 1. The molecule has 0 aliphatic rings. The molecule has 0 aliphatic carbocycles. The highest BCUT2D eigenvalue weighted by Crippen LogP contribution is 2.32. The Labute approximate surface area is 109 Å². The van der Waals surface area contributed by atoms with Gasteiger partial charge in [-0.15, -0.1) is 11.6 Å². The van der Waals surface area contributed by atoms with E-state index in [1.807, 2.05) is 18.2 Å². The molecular formula is C14H21ClO2. The molecule has 17 heavy (non-hydrogen) atoms. The fraction of sp³-hybridized carbons (Fsp3) is 0.571. The van der Waals surface area contributed by atoms with Gasteiger partial charge >= 0.3 is 0 Å². The Morgan fingerprint density at radius 2 is 2.12 bits per heavy atom. The largest absolute Gasteiger partial charge is 0.493 e. The van der Waals surface area contributed by atoms with Crippen molar-refractivity contribution in [1.29, 1.82) is 0 Å². The van der Waals surface area contributed by atoms with E-state index >= 15 is 0 Å². The topological polar surface area (TPSA) is 18.5 Å². The van der Waals surface area contributed by atoms with Gasteiger partial charge in [-0.25, -0.2) is 0 Å². The lowest BCUT2D eigenvalue weighted by Crippen LogP contribution is -2.10. The Morgan fingerprint density at radius 1 is 1.35 bits per heavy atom. The van der Waals surface area contributed by atoms with E-state index in [4.69, 9.17) is 21.1 Å². The smallest absolute Gasteiger partial charge is 0.165 e. The highest BCUT2D eigenvalue weighted by atomic mass is 35.5. The summed E-state index contributed by atoms with van der Waals surface area (Å²) >= 11 is 5.90. The molecule has 0 aliphatic heterocycles. The number of alkyl halides is 1. The zero-order valence-corrected chi connectivity index (χ0v) is 11.6. The standard InChI is InChI=1S/C14H21ClO2/c1-4-6-11(2)10-17-14-12(9-15)7-5-8-13(14)16-3/h5,7-8,11H,4,6,9-10H2,1-3H3. The Bertz CT molecular complexity index is 317. The number of ether oxygens (including phenoxy) is 2. The van der Waals surface area contributed by atoms with Crippen LogP contribution in [-0.4, -0.2) is 13.7 Å². The van der Waals surface area contributed by atoms with E-state index in [1.54, 1.807) is 7.11 Å². The van der Waals surface area contributed by atoms with Crippen LogP contribution >= 0.6 is 11.6 Å². The molecule has 0 fully saturated rings. The molecule has 1 aromatic carbocycles. The van der Waals surface area contributed by atoms with Crippen LogP contribution in [0.2, 0.25) is 0 Å². The summed E-state index contributed by atoms with van der Waals surface area (Å²) in [5, 5.41) is 0. The van der Waals surface area contributed by atoms with Gasteiger partial charge in [0.2, 0.25) is 0 Å². The molecule has 0 N–H and O–H groups in total. The molecule has 0 bridgehead atoms. The number of hydrogen-bond donors (Lipinski definition) is 0. The average Bonchev–Trinajstić information content (AvgIpc) is 2.36. The Kier molecular flexibility index (Phi) is 6.20. The molecule has 1 unspecified atom stereocenters. The van der Waals surface area contributed by atoms with Crippen LogP contribution in [0.1, 0.15) is 32.3 Å². The van der Waals surface area contributed by atoms with Gasteiger partial charge in [0.1, 0.15) is 0 Å². The van der Waals surface area contributed by atoms with Crippen LogP contribution in [0.4, 0.5) is 0 Å². The zero-order valence-electron chi connectivity index (χ0n) is 10.8. The van der Waals surface area contributed by atoms with E-state index in [0.717, 1.165) is 17.1 Å². The Morgan fingerprint density at radius 3 is 2.71 bits per heavy atom. The lowest BCUT2D eigenvalue weighted by molar-refractivity contribution is 0.238. The predicted molar refractivity (Wildman–Crippen MR) is 72.1 cm³/mol. The van der Waals surface area contributed by atoms with Crippen LogP contribution < -0.4 is 9.47 Å². The molecule has 0 heterocycles. The first-order valence-electron chi connectivity index (χ1n) is 6.07. The quantitative estimate of drug-likeness (QED) is 0.679. The van der Waals surface area contributed by atoms with Gasteiger partial charge in [-0.2, -0.15) is 0 Å². The van der Waals surface area contributed by atoms with Crippen molar-refractivity contribution in [1.82, 2.24) is 0 Å². The summed E-state index contributed by atoms with van der Waals surface area (Å²) in [5.74, 6) is 2.53. The summed E-state index contributed by atoms with van der Waals surface area (Å²) in [4.78, 5) is 0. The molecule has 0 radical (unpaired) electrons. The highest BCUT2D eigenvalue weighted by molar-refractivity contribution is 6.17. The predicted octanol–water partition coefficient (Wildman–Crippen LogP) is 4.25. The normalized spacial score (nSPS) is 12.2. The highest BCUT2D eigenvalue weighted by Gasteiger charge is 2.11. The molecule has 3 heteroatoms. The maximum Gasteiger partial charge on any atom is 0.165 e. The second-order valence-electron chi connectivity index (χ2n) is 4.29. The van der Waals surface area contributed by atoms with E-state index in [9.17, 15) is 0 Å². The number of benzene rings is 1. The molecule has 0 saturated heterocycles. The molecule has 0 spiro atoms. The van der Waals surface area contributed by atoms with Crippen LogP contribution in [-0.2, 0) is 5.88 Å². The van der Waals surface area contributed by atoms with E-state index in [1.165, 1.54) is 12.8 Å². The fourth-order valence-corrected chi connectivity index (χ4v) is 2.00. The van der Waals surface area contributed by atoms with Crippen molar-refractivity contribution in [3.05, 3.63) is 23.8 Å². The minimum Gasteiger partial charge on any atom is -0.493 e. The first kappa shape index (κ1) is 14.2. The summed E-state index contributed by atoms with van der Waals surface area (Å²) in [6.45, 7) is 5.08. The van der Waals surface area contributed by atoms with Crippen molar-refractivity contribution in [3.63, 3.8) is 0 Å². The maximum atomic E-state index is 5.90. The van der Waals surface area contributed by atoms with Crippen LogP contribution in [0.25, 0.3) is 0 Å². The minimum atomic E-state index is 0.439. The third kappa shape index (κ3) is 4.12. The summed E-state index contributed by atoms with van der Waals surface area (Å²) in [6.07, 6.45) is 2.35. The molecule has 2 nitrogen and oxygen atoms in total. The first-order chi connectivity index (χ1) is 8.22. The summed E-state index contributed by atoms with van der Waals surface area (Å²) < 4.78 is 11.2. The second kappa shape index (κ2) is 7.44. The summed E-state index contributed by atoms with van der Waals surface area (Å²) in [7, 11) is 1.65. The molecule has 1 aromatic rings. The van der Waals surface area contributed by atoms with Gasteiger partial charge in [0.25, 0.3) is 0 Å². The van der Waals surface area contributed by atoms with Crippen molar-refractivity contribution in [2.75, 3.05) is 13.7 Å². The zero-order chi connectivity index (χ0) is 12.7. The van der Waals surface area contributed by atoms with Crippen LogP contribution in [0, 0.1) is 5.92 Å². The summed E-state index contributed by atoms with van der Waals surface area (Å²) in [5.41, 5.74) is 0.981. The molecule has 96 valence electrons. The van der Waals surface area contributed by atoms with Crippen LogP contribution in [0.3, 0.4) is 0 Å². The fourth-order valence-electron chi connectivity index (χ4n) is 1.79. The molecule has 1 atom stereocenters. The number of hydrogen-bond acceptors (Lipinski definition) is 2. The molecule has 0 aromatic heterocycles. The molecule has 0 saturated carbocycles. The lowest BCUT2D eigenvalue weighted by atomic mass is 10.1. The number of halogens is 1. The van der Waals surface area contributed by atoms with Gasteiger partial charge in [0, 0.05) is 5.56 Å². The van der Waals surface area contributed by atoms with E-state index in [-0.39, 0.29) is 0 Å². The van der Waals surface area contributed by atoms with Crippen molar-refractivity contribution < 1.29 is 9.47 Å².